The van der Waals surface area contributed by atoms with E-state index in [1.54, 1.807) is 34.0 Å². The van der Waals surface area contributed by atoms with Gasteiger partial charge in [-0.25, -0.2) is 9.18 Å². The number of ketones is 2. The number of carbonyl (C=O) groups excluding carboxylic acids is 3. The molecule has 0 aliphatic heterocycles. The monoisotopic (exact) mass is 642 g/mol. The number of alkyl halides is 1. The molecule has 9 atom stereocenters. The van der Waals surface area contributed by atoms with Crippen LogP contribution >= 0.6 is 0 Å². The first-order valence-corrected chi connectivity index (χ1v) is 16.3. The number of esters is 1. The number of hydrogen-bond donors (Lipinski definition) is 2. The largest absolute Gasteiger partial charge is 0.456 e. The van der Waals surface area contributed by atoms with Gasteiger partial charge < -0.3 is 29.2 Å². The van der Waals surface area contributed by atoms with Crippen LogP contribution in [0.25, 0.3) is 0 Å². The number of fused-ring (bicyclic) bond motifs is 5. The summed E-state index contributed by atoms with van der Waals surface area (Å²) < 4.78 is 39.2. The molecule has 3 saturated carbocycles. The summed E-state index contributed by atoms with van der Waals surface area (Å²) in [5, 5.41) is 23.8. The van der Waals surface area contributed by atoms with Gasteiger partial charge in [-0.2, -0.15) is 0 Å². The van der Waals surface area contributed by atoms with Gasteiger partial charge in [0.1, 0.15) is 5.60 Å². The fourth-order valence-electron chi connectivity index (χ4n) is 9.01. The van der Waals surface area contributed by atoms with E-state index in [2.05, 4.69) is 0 Å². The number of ether oxygens (including phenoxy) is 4. The van der Waals surface area contributed by atoms with Crippen LogP contribution < -0.4 is 0 Å². The van der Waals surface area contributed by atoms with Gasteiger partial charge in [-0.15, -0.1) is 0 Å². The summed E-state index contributed by atoms with van der Waals surface area (Å²) >= 11 is 0. The molecule has 4 aliphatic carbocycles. The van der Waals surface area contributed by atoms with Gasteiger partial charge in [-0.3, -0.25) is 9.59 Å². The van der Waals surface area contributed by atoms with Gasteiger partial charge in [0, 0.05) is 30.3 Å². The molecule has 0 amide bonds. The smallest absolute Gasteiger partial charge is 0.336 e. The van der Waals surface area contributed by atoms with E-state index in [0.29, 0.717) is 38.0 Å². The molecule has 252 valence electrons. The van der Waals surface area contributed by atoms with Gasteiger partial charge in [0.2, 0.25) is 5.78 Å². The second-order valence-corrected chi connectivity index (χ2v) is 13.9. The van der Waals surface area contributed by atoms with Crippen LogP contribution in [-0.2, 0) is 39.8 Å². The molecule has 0 heterocycles. The highest BCUT2D eigenvalue weighted by Crippen LogP contribution is 2.70. The standard InChI is InChI=1S/C36H47FO9/c1-23-18-28-27-11-10-25-20-26(38)12-13-33(25,2)35(27,37)30(39)21-34(28,3)36(23,42)31(40)22-46-32(41)29(19-24-8-6-5-7-9-24)45-17-16-44-15-14-43-4/h5-9,12-13,20,23,27-30,39,42H,10-11,14-19,21-22H2,1-4H3/t23-,27+,28+,29?,30+,33+,34+,35+,36+/m0/s1. The Hall–Kier alpha value is -2.76. The highest BCUT2D eigenvalue weighted by Gasteiger charge is 2.75. The van der Waals surface area contributed by atoms with Crippen molar-refractivity contribution in [2.75, 3.05) is 40.1 Å². The van der Waals surface area contributed by atoms with Crippen molar-refractivity contribution in [1.82, 2.24) is 0 Å². The average Bonchev–Trinajstić information content (AvgIpc) is 3.23. The van der Waals surface area contributed by atoms with Crippen molar-refractivity contribution in [1.29, 1.82) is 0 Å². The van der Waals surface area contributed by atoms with Crippen molar-refractivity contribution in [3.8, 4) is 0 Å². The predicted molar refractivity (Wildman–Crippen MR) is 166 cm³/mol. The van der Waals surface area contributed by atoms with E-state index in [4.69, 9.17) is 18.9 Å². The lowest BCUT2D eigenvalue weighted by Gasteiger charge is -2.62. The summed E-state index contributed by atoms with van der Waals surface area (Å²) in [6.07, 6.45) is 3.23. The number of methoxy groups -OCH3 is 1. The van der Waals surface area contributed by atoms with Crippen LogP contribution in [0.1, 0.15) is 52.0 Å². The number of Topliss-reactive ketones (excluding diaryl/α,β-unsaturated/α-hetero) is 1. The number of benzene rings is 1. The minimum atomic E-state index is -2.08. The molecule has 46 heavy (non-hydrogen) atoms. The van der Waals surface area contributed by atoms with E-state index < -0.39 is 70.4 Å². The first-order valence-electron chi connectivity index (χ1n) is 16.3. The van der Waals surface area contributed by atoms with Crippen molar-refractivity contribution < 1.29 is 47.9 Å². The van der Waals surface area contributed by atoms with Crippen molar-refractivity contribution in [2.24, 2.45) is 28.6 Å². The Morgan fingerprint density at radius 1 is 1.09 bits per heavy atom. The second-order valence-electron chi connectivity index (χ2n) is 13.9. The Balaban J connectivity index is 1.31. The fourth-order valence-corrected chi connectivity index (χ4v) is 9.01. The average molecular weight is 643 g/mol. The van der Waals surface area contributed by atoms with Gasteiger partial charge >= 0.3 is 5.97 Å². The zero-order chi connectivity index (χ0) is 33.3. The molecule has 4 aliphatic rings. The molecule has 0 spiro atoms. The van der Waals surface area contributed by atoms with Crippen LogP contribution in [0.15, 0.2) is 54.1 Å². The van der Waals surface area contributed by atoms with E-state index in [-0.39, 0.29) is 31.8 Å². The van der Waals surface area contributed by atoms with Gasteiger partial charge in [0.05, 0.1) is 32.5 Å². The van der Waals surface area contributed by atoms with Crippen LogP contribution in [-0.4, -0.2) is 91.4 Å². The Labute approximate surface area is 270 Å². The number of aliphatic hydroxyl groups excluding tert-OH is 1. The van der Waals surface area contributed by atoms with Crippen molar-refractivity contribution in [3.63, 3.8) is 0 Å². The molecular weight excluding hydrogens is 595 g/mol. The fraction of sp³-hybridized carbons (Fsp3) is 0.639. The normalized spacial score (nSPS) is 37.1. The van der Waals surface area contributed by atoms with E-state index in [0.717, 1.165) is 5.56 Å². The quantitative estimate of drug-likeness (QED) is 0.244. The van der Waals surface area contributed by atoms with Crippen LogP contribution in [0.4, 0.5) is 4.39 Å². The number of halogens is 1. The zero-order valence-electron chi connectivity index (χ0n) is 27.2. The van der Waals surface area contributed by atoms with Crippen molar-refractivity contribution >= 4 is 17.5 Å². The molecule has 1 aromatic carbocycles. The molecule has 0 bridgehead atoms. The maximum atomic E-state index is 17.4. The van der Waals surface area contributed by atoms with E-state index >= 15 is 4.39 Å². The number of hydrogen-bond acceptors (Lipinski definition) is 9. The predicted octanol–water partition coefficient (Wildman–Crippen LogP) is 3.74. The first-order chi connectivity index (χ1) is 21.8. The Morgan fingerprint density at radius 3 is 2.52 bits per heavy atom. The third-order valence-corrected chi connectivity index (χ3v) is 11.5. The summed E-state index contributed by atoms with van der Waals surface area (Å²) in [7, 11) is 1.57. The van der Waals surface area contributed by atoms with Crippen molar-refractivity contribution in [3.05, 3.63) is 59.7 Å². The van der Waals surface area contributed by atoms with Crippen LogP contribution in [0.3, 0.4) is 0 Å². The molecule has 2 N–H and O–H groups in total. The minimum absolute atomic E-state index is 0.119. The Kier molecular flexibility index (Phi) is 10.1. The summed E-state index contributed by atoms with van der Waals surface area (Å²) in [6, 6.07) is 9.28. The molecule has 3 fully saturated rings. The van der Waals surface area contributed by atoms with Gasteiger partial charge in [-0.05, 0) is 62.2 Å². The summed E-state index contributed by atoms with van der Waals surface area (Å²) in [6.45, 7) is 5.72. The third-order valence-electron chi connectivity index (χ3n) is 11.5. The summed E-state index contributed by atoms with van der Waals surface area (Å²) in [5.74, 6) is -3.25. The topological polar surface area (TPSA) is 129 Å². The number of aliphatic hydroxyl groups is 2. The molecule has 1 unspecified atom stereocenters. The van der Waals surface area contributed by atoms with Crippen LogP contribution in [0.2, 0.25) is 0 Å². The highest BCUT2D eigenvalue weighted by molar-refractivity contribution is 6.01. The summed E-state index contributed by atoms with van der Waals surface area (Å²) in [5.41, 5.74) is -4.86. The Bertz CT molecular complexity index is 1360. The minimum Gasteiger partial charge on any atom is -0.456 e. The molecular formula is C36H47FO9. The van der Waals surface area contributed by atoms with Crippen LogP contribution in [0.5, 0.6) is 0 Å². The molecule has 1 aromatic rings. The lowest BCUT2D eigenvalue weighted by molar-refractivity contribution is -0.220. The summed E-state index contributed by atoms with van der Waals surface area (Å²) in [4.78, 5) is 39.3. The Morgan fingerprint density at radius 2 is 1.80 bits per heavy atom. The number of allylic oxidation sites excluding steroid dienone is 4. The van der Waals surface area contributed by atoms with Crippen LogP contribution in [0, 0.1) is 28.6 Å². The molecule has 0 saturated heterocycles. The van der Waals surface area contributed by atoms with Gasteiger partial charge in [0.15, 0.2) is 24.2 Å². The number of rotatable bonds is 13. The van der Waals surface area contributed by atoms with E-state index in [1.165, 1.54) is 12.2 Å². The number of carbonyl (C=O) groups is 3. The zero-order valence-corrected chi connectivity index (χ0v) is 27.2. The molecule has 10 heteroatoms. The third kappa shape index (κ3) is 5.70. The van der Waals surface area contributed by atoms with Gasteiger partial charge in [-0.1, -0.05) is 55.8 Å². The lowest BCUT2D eigenvalue weighted by Crippen LogP contribution is -2.69. The second kappa shape index (κ2) is 13.4. The maximum Gasteiger partial charge on any atom is 0.336 e. The van der Waals surface area contributed by atoms with E-state index in [1.807, 2.05) is 30.3 Å². The molecule has 5 rings (SSSR count). The van der Waals surface area contributed by atoms with Crippen molar-refractivity contribution in [2.45, 2.75) is 76.4 Å². The molecule has 0 aromatic heterocycles. The molecule has 0 radical (unpaired) electrons. The first kappa shape index (κ1) is 34.6. The molecule has 9 nitrogen and oxygen atoms in total. The highest BCUT2D eigenvalue weighted by atomic mass is 19.1. The SMILES string of the molecule is COCCOCCOC(Cc1ccccc1)C(=O)OCC(=O)[C@]1(O)[C@@H](C)C[C@@H]2[C@H]3CCC4=CC(=O)C=C[C@@]4(C)[C@]3(F)[C@H](O)C[C@]21C. The lowest BCUT2D eigenvalue weighted by atomic mass is 9.44. The maximum absolute atomic E-state index is 17.4. The van der Waals surface area contributed by atoms with E-state index in [9.17, 15) is 24.6 Å². The van der Waals surface area contributed by atoms with Gasteiger partial charge in [0.25, 0.3) is 0 Å².